The third-order valence-corrected chi connectivity index (χ3v) is 8.68. The fourth-order valence-electron chi connectivity index (χ4n) is 6.54. The fraction of sp³-hybridized carbons (Fsp3) is 0. The molecule has 0 saturated carbocycles. The number of hydrogen-bond donors (Lipinski definition) is 0. The molecule has 0 fully saturated rings. The summed E-state index contributed by atoms with van der Waals surface area (Å²) in [7, 11) is 0. The van der Waals surface area contributed by atoms with Gasteiger partial charge in [0.1, 0.15) is 11.2 Å². The first-order chi connectivity index (χ1) is 31.4. The van der Waals surface area contributed by atoms with Crippen molar-refractivity contribution < 1.29 is 27.7 Å². The van der Waals surface area contributed by atoms with Gasteiger partial charge in [0.15, 0.2) is 0 Å². The number of benzene rings is 9. The van der Waals surface area contributed by atoms with Crippen LogP contribution in [0.15, 0.2) is 186 Å². The molecule has 1 nitrogen and oxygen atoms in total. The number of fused-ring (bicyclic) bond motifs is 7. The van der Waals surface area contributed by atoms with Gasteiger partial charge >= 0.3 is 0 Å². The van der Waals surface area contributed by atoms with Crippen LogP contribution in [0.2, 0.25) is 0 Å². The highest BCUT2D eigenvalue weighted by atomic mass is 16.3. The van der Waals surface area contributed by atoms with E-state index in [0.29, 0.717) is 38.2 Å². The average molecular weight is 640 g/mol. The smallest absolute Gasteiger partial charge is 0.143 e. The molecule has 1 heterocycles. The van der Waals surface area contributed by atoms with Crippen molar-refractivity contribution >= 4 is 54.3 Å². The maximum atomic E-state index is 9.85. The Hall–Kier alpha value is -6.44. The van der Waals surface area contributed by atoms with E-state index in [1.54, 1.807) is 78.9 Å². The van der Waals surface area contributed by atoms with Crippen molar-refractivity contribution in [1.29, 1.82) is 0 Å². The highest BCUT2D eigenvalue weighted by Crippen LogP contribution is 2.46. The molecule has 10 rings (SSSR count). The molecule has 0 unspecified atom stereocenters. The van der Waals surface area contributed by atoms with Crippen LogP contribution in [0.5, 0.6) is 0 Å². The maximum absolute atomic E-state index is 9.85. The largest absolute Gasteiger partial charge is 0.455 e. The van der Waals surface area contributed by atoms with Gasteiger partial charge in [-0.15, -0.1) is 0 Å². The molecule has 1 aromatic heterocycles. The van der Waals surface area contributed by atoms with E-state index in [4.69, 9.17) is 19.5 Å². The minimum Gasteiger partial charge on any atom is -0.455 e. The van der Waals surface area contributed by atoms with Gasteiger partial charge < -0.3 is 4.42 Å². The van der Waals surface area contributed by atoms with Gasteiger partial charge in [0.05, 0.1) is 23.3 Å². The van der Waals surface area contributed by atoms with E-state index < -0.39 is 84.6 Å². The summed E-state index contributed by atoms with van der Waals surface area (Å²) in [5, 5.41) is 0.846. The van der Waals surface area contributed by atoms with Crippen molar-refractivity contribution in [3.63, 3.8) is 0 Å². The average Bonchev–Trinajstić information content (AvgIpc) is 3.72. The first kappa shape index (κ1) is 15.6. The highest BCUT2D eigenvalue weighted by molar-refractivity contribution is 6.22. The second kappa shape index (κ2) is 11.1. The summed E-state index contributed by atoms with van der Waals surface area (Å²) in [5.74, 6) is 0. The Kier molecular flexibility index (Phi) is 3.54. The van der Waals surface area contributed by atoms with Gasteiger partial charge in [0.25, 0.3) is 0 Å². The van der Waals surface area contributed by atoms with Crippen LogP contribution in [0.25, 0.3) is 98.8 Å². The molecule has 0 spiro atoms. The first-order valence-corrected chi connectivity index (χ1v) is 15.5. The van der Waals surface area contributed by atoms with E-state index in [9.17, 15) is 8.22 Å². The lowest BCUT2D eigenvalue weighted by atomic mass is 9.84. The van der Waals surface area contributed by atoms with Crippen molar-refractivity contribution in [2.75, 3.05) is 0 Å². The molecule has 228 valence electrons. The molecule has 10 aromatic rings. The molecule has 0 saturated heterocycles. The lowest BCUT2D eigenvalue weighted by molar-refractivity contribution is 0.673. The molecule has 0 atom stereocenters. The maximum Gasteiger partial charge on any atom is 0.143 e. The van der Waals surface area contributed by atoms with Crippen LogP contribution in [-0.2, 0) is 0 Å². The Labute approximate surface area is 308 Å². The molecule has 0 N–H and O–H groups in total. The zero-order valence-electron chi connectivity index (χ0n) is 42.4. The third-order valence-electron chi connectivity index (χ3n) is 8.68. The van der Waals surface area contributed by atoms with Gasteiger partial charge in [-0.05, 0) is 108 Å². The van der Waals surface area contributed by atoms with E-state index in [0.717, 1.165) is 0 Å². The van der Waals surface area contributed by atoms with Crippen LogP contribution in [0, 0.1) is 0 Å². The minimum absolute atomic E-state index is 0.0256. The Morgan fingerprint density at radius 3 is 1.63 bits per heavy atom. The van der Waals surface area contributed by atoms with E-state index in [1.807, 2.05) is 0 Å². The Morgan fingerprint density at radius 2 is 0.918 bits per heavy atom. The van der Waals surface area contributed by atoms with Crippen molar-refractivity contribution in [2.45, 2.75) is 0 Å². The SMILES string of the molecule is [2H]c1c([2H])c([2H])c(-c2c([2H])c(-c3ccccc3)c([2H])c(-c3c4ccccc4c(-c4c([2H])c([2H])c5c(oc6c7c([2H])c([2H])c([2H])c([2H])c7c([2H])c([2H])c65)c4[2H])c4ccccc34)c2[2H])c([2H])c1[2H]. The minimum atomic E-state index is -0.660. The lowest BCUT2D eigenvalue weighted by Gasteiger charge is -2.19. The summed E-state index contributed by atoms with van der Waals surface area (Å²) < 4.78 is 159. The monoisotopic (exact) mass is 639 g/mol. The van der Waals surface area contributed by atoms with Gasteiger partial charge in [-0.25, -0.2) is 0 Å². The summed E-state index contributed by atoms with van der Waals surface area (Å²) in [4.78, 5) is 0. The zero-order chi connectivity index (χ0) is 47.1. The zero-order valence-corrected chi connectivity index (χ0v) is 25.4. The molecule has 49 heavy (non-hydrogen) atoms. The van der Waals surface area contributed by atoms with E-state index in [1.165, 1.54) is 0 Å². The topological polar surface area (TPSA) is 13.1 Å². The van der Waals surface area contributed by atoms with E-state index >= 15 is 0 Å². The van der Waals surface area contributed by atoms with Gasteiger partial charge in [-0.2, -0.15) is 0 Å². The van der Waals surface area contributed by atoms with Gasteiger partial charge in [-0.3, -0.25) is 0 Å². The number of rotatable bonds is 4. The number of furan rings is 1. The molecular formula is C48H30O. The van der Waals surface area contributed by atoms with Crippen LogP contribution in [-0.4, -0.2) is 0 Å². The quantitative estimate of drug-likeness (QED) is 0.175. The molecule has 0 aliphatic heterocycles. The van der Waals surface area contributed by atoms with Crippen molar-refractivity contribution in [3.8, 4) is 44.5 Å². The van der Waals surface area contributed by atoms with Crippen LogP contribution in [0.4, 0.5) is 0 Å². The first-order valence-electron chi connectivity index (χ1n) is 24.0. The van der Waals surface area contributed by atoms with Crippen LogP contribution in [0.3, 0.4) is 0 Å². The summed E-state index contributed by atoms with van der Waals surface area (Å²) in [6.07, 6.45) is 0. The van der Waals surface area contributed by atoms with E-state index in [-0.39, 0.29) is 78.7 Å². The third kappa shape index (κ3) is 4.47. The summed E-state index contributed by atoms with van der Waals surface area (Å²) in [6.45, 7) is 0. The molecule has 0 bridgehead atoms. The van der Waals surface area contributed by atoms with Crippen molar-refractivity contribution in [2.24, 2.45) is 0 Å². The fourth-order valence-corrected chi connectivity index (χ4v) is 6.54. The highest BCUT2D eigenvalue weighted by Gasteiger charge is 2.19. The lowest BCUT2D eigenvalue weighted by Crippen LogP contribution is -1.92. The molecular weight excluding hydrogens is 593 g/mol. The van der Waals surface area contributed by atoms with Gasteiger partial charge in [-0.1, -0.05) is 145 Å². The summed E-state index contributed by atoms with van der Waals surface area (Å²) >= 11 is 0. The molecule has 1 heteroatoms. The Balaban J connectivity index is 1.37. The van der Waals surface area contributed by atoms with Crippen molar-refractivity contribution in [1.82, 2.24) is 0 Å². The molecule has 9 aromatic carbocycles. The standard InChI is InChI=1S/C48H30O/c1-3-13-31(14-4-1)35-27-36(32-15-5-2-6-16-32)29-37(28-35)47-42-21-11-9-19-40(42)46(41-20-10-12-22-43(41)47)34-24-25-39-44-26-23-33-17-7-8-18-38(33)48(44)49-45(39)30-34/h1-30H/i1D,3D,4D,7D,8D,13D,14D,17D,18D,23D,24D,25D,26D,27D,28D,29D,30D. The van der Waals surface area contributed by atoms with Crippen LogP contribution >= 0.6 is 0 Å². The molecule has 0 amide bonds. The second-order valence-corrected chi connectivity index (χ2v) is 11.5. The van der Waals surface area contributed by atoms with E-state index in [2.05, 4.69) is 0 Å². The molecule has 0 radical (unpaired) electrons. The second-order valence-electron chi connectivity index (χ2n) is 11.5. The van der Waals surface area contributed by atoms with Crippen LogP contribution < -0.4 is 0 Å². The predicted octanol–water partition coefficient (Wildman–Crippen LogP) is 13.7. The summed E-state index contributed by atoms with van der Waals surface area (Å²) in [5.41, 5.74) is -0.202. The summed E-state index contributed by atoms with van der Waals surface area (Å²) in [6, 6.07) is 13.3. The molecule has 0 aliphatic carbocycles. The van der Waals surface area contributed by atoms with Crippen LogP contribution in [0.1, 0.15) is 23.3 Å². The predicted molar refractivity (Wildman–Crippen MR) is 208 cm³/mol. The van der Waals surface area contributed by atoms with Gasteiger partial charge in [0, 0.05) is 16.2 Å². The van der Waals surface area contributed by atoms with Gasteiger partial charge in [0.2, 0.25) is 0 Å². The Bertz CT molecular complexity index is 3760. The molecule has 0 aliphatic rings. The normalized spacial score (nSPS) is 16.5. The Morgan fingerprint density at radius 1 is 0.347 bits per heavy atom. The van der Waals surface area contributed by atoms with Crippen molar-refractivity contribution in [3.05, 3.63) is 182 Å². The number of hydrogen-bond acceptors (Lipinski definition) is 1.